The Kier molecular flexibility index (Phi) is 15.7. The number of hydrogen-bond donors (Lipinski definition) is 0. The van der Waals surface area contributed by atoms with Gasteiger partial charge < -0.3 is 14.2 Å². The van der Waals surface area contributed by atoms with Crippen molar-refractivity contribution in [3.8, 4) is 0 Å². The second kappa shape index (κ2) is 16.2. The van der Waals surface area contributed by atoms with Crippen molar-refractivity contribution >= 4 is 10.2 Å². The molecule has 0 aromatic rings. The molecule has 0 saturated carbocycles. The zero-order valence-electron chi connectivity index (χ0n) is 17.6. The predicted octanol–water partition coefficient (Wildman–Crippen LogP) is 5.83. The quantitative estimate of drug-likeness (QED) is 0.216. The molecule has 0 aromatic carbocycles. The van der Waals surface area contributed by atoms with E-state index in [0.29, 0.717) is 19.4 Å². The fourth-order valence-electron chi connectivity index (χ4n) is 2.13. The molecule has 0 fully saturated rings. The Morgan fingerprint density at radius 2 is 1.12 bits per heavy atom. The van der Waals surface area contributed by atoms with E-state index in [9.17, 15) is 0 Å². The first-order valence-corrected chi connectivity index (χ1v) is 10.1. The summed E-state index contributed by atoms with van der Waals surface area (Å²) in [4.78, 5) is 0. The minimum atomic E-state index is -0.656. The SMILES string of the molecule is CC(C)=CCC/C(C)=C/COC(OC[Si])OC/C=C(\C)CCC=C(C)C. The van der Waals surface area contributed by atoms with Gasteiger partial charge in [0.25, 0.3) is 6.48 Å². The van der Waals surface area contributed by atoms with Gasteiger partial charge in [-0.15, -0.1) is 0 Å². The van der Waals surface area contributed by atoms with E-state index in [0.717, 1.165) is 25.7 Å². The lowest BCUT2D eigenvalue weighted by molar-refractivity contribution is -0.272. The molecule has 3 radical (unpaired) electrons. The van der Waals surface area contributed by atoms with Crippen LogP contribution < -0.4 is 0 Å². The standard InChI is InChI=1S/C22H37O3Si/c1-18(2)9-7-11-20(5)13-15-23-22(25-17-26)24-16-14-21(6)12-8-10-19(3)4/h9-10,13-14,22H,7-8,11-12,15-17H2,1-6H3/b20-13+,21-14+. The van der Waals surface area contributed by atoms with Crippen LogP contribution in [-0.2, 0) is 14.2 Å². The van der Waals surface area contributed by atoms with Crippen LogP contribution in [0.25, 0.3) is 0 Å². The van der Waals surface area contributed by atoms with Gasteiger partial charge in [-0.3, -0.25) is 0 Å². The maximum absolute atomic E-state index is 5.67. The van der Waals surface area contributed by atoms with E-state index in [-0.39, 0.29) is 0 Å². The van der Waals surface area contributed by atoms with Crippen molar-refractivity contribution in [3.63, 3.8) is 0 Å². The minimum absolute atomic E-state index is 0.372. The summed E-state index contributed by atoms with van der Waals surface area (Å²) in [5.74, 6) is 0. The van der Waals surface area contributed by atoms with E-state index in [4.69, 9.17) is 14.2 Å². The fraction of sp³-hybridized carbons (Fsp3) is 0.636. The summed E-state index contributed by atoms with van der Waals surface area (Å²) in [7, 11) is 3.31. The average Bonchev–Trinajstić information content (AvgIpc) is 2.54. The van der Waals surface area contributed by atoms with Crippen molar-refractivity contribution in [2.75, 3.05) is 19.4 Å². The molecule has 0 heterocycles. The van der Waals surface area contributed by atoms with Crippen LogP contribution in [0.4, 0.5) is 0 Å². The van der Waals surface area contributed by atoms with Gasteiger partial charge in [0.05, 0.1) is 23.5 Å². The lowest BCUT2D eigenvalue weighted by atomic mass is 10.1. The Morgan fingerprint density at radius 3 is 1.46 bits per heavy atom. The van der Waals surface area contributed by atoms with Gasteiger partial charge in [-0.05, 0) is 67.2 Å². The lowest BCUT2D eigenvalue weighted by Gasteiger charge is -2.16. The smallest absolute Gasteiger partial charge is 0.271 e. The van der Waals surface area contributed by atoms with Crippen LogP contribution in [0.15, 0.2) is 46.6 Å². The van der Waals surface area contributed by atoms with E-state index < -0.39 is 6.48 Å². The van der Waals surface area contributed by atoms with Crippen molar-refractivity contribution in [1.82, 2.24) is 0 Å². The Bertz CT molecular complexity index is 440. The van der Waals surface area contributed by atoms with Crippen LogP contribution in [-0.4, -0.2) is 36.2 Å². The van der Waals surface area contributed by atoms with Crippen molar-refractivity contribution in [3.05, 3.63) is 46.6 Å². The van der Waals surface area contributed by atoms with Crippen LogP contribution in [0.2, 0.25) is 0 Å². The Labute approximate surface area is 164 Å². The van der Waals surface area contributed by atoms with Crippen molar-refractivity contribution in [2.24, 2.45) is 0 Å². The summed E-state index contributed by atoms with van der Waals surface area (Å²) >= 11 is 0. The molecule has 0 bridgehead atoms. The van der Waals surface area contributed by atoms with Crippen LogP contribution in [0, 0.1) is 0 Å². The topological polar surface area (TPSA) is 27.7 Å². The summed E-state index contributed by atoms with van der Waals surface area (Å²) in [5, 5.41) is 0. The van der Waals surface area contributed by atoms with E-state index in [1.54, 1.807) is 0 Å². The zero-order chi connectivity index (χ0) is 19.8. The summed E-state index contributed by atoms with van der Waals surface area (Å²) in [6.07, 6.45) is 13.3. The molecule has 3 nitrogen and oxygen atoms in total. The Balaban J connectivity index is 4.19. The normalized spacial score (nSPS) is 13.5. The minimum Gasteiger partial charge on any atom is -0.334 e. The third-order valence-electron chi connectivity index (χ3n) is 3.73. The molecule has 26 heavy (non-hydrogen) atoms. The first-order valence-electron chi connectivity index (χ1n) is 9.42. The lowest BCUT2D eigenvalue weighted by Crippen LogP contribution is -2.22. The van der Waals surface area contributed by atoms with Crippen molar-refractivity contribution in [2.45, 2.75) is 73.7 Å². The van der Waals surface area contributed by atoms with E-state index >= 15 is 0 Å². The van der Waals surface area contributed by atoms with Gasteiger partial charge in [0, 0.05) is 6.23 Å². The maximum Gasteiger partial charge on any atom is 0.271 e. The molecule has 0 unspecified atom stereocenters. The Morgan fingerprint density at radius 1 is 0.692 bits per heavy atom. The molecule has 0 spiro atoms. The zero-order valence-corrected chi connectivity index (χ0v) is 18.6. The molecule has 147 valence electrons. The molecule has 0 aliphatic rings. The van der Waals surface area contributed by atoms with Gasteiger partial charge in [0.1, 0.15) is 0 Å². The molecule has 0 aromatic heterocycles. The van der Waals surface area contributed by atoms with Gasteiger partial charge in [0.2, 0.25) is 0 Å². The molecule has 0 saturated heterocycles. The number of allylic oxidation sites excluding steroid dienone is 6. The first-order chi connectivity index (χ1) is 12.3. The van der Waals surface area contributed by atoms with Crippen LogP contribution >= 0.6 is 0 Å². The van der Waals surface area contributed by atoms with E-state index in [1.807, 2.05) is 0 Å². The Hall–Kier alpha value is -0.943. The van der Waals surface area contributed by atoms with Crippen LogP contribution in [0.5, 0.6) is 0 Å². The third kappa shape index (κ3) is 16.5. The maximum atomic E-state index is 5.67. The predicted molar refractivity (Wildman–Crippen MR) is 112 cm³/mol. The van der Waals surface area contributed by atoms with Gasteiger partial charge in [-0.25, -0.2) is 0 Å². The summed E-state index contributed by atoms with van der Waals surface area (Å²) < 4.78 is 16.8. The second-order valence-corrected chi connectivity index (χ2v) is 7.30. The molecule has 0 rings (SSSR count). The largest absolute Gasteiger partial charge is 0.334 e. The molecule has 0 atom stereocenters. The average molecular weight is 378 g/mol. The molecule has 4 heteroatoms. The van der Waals surface area contributed by atoms with Crippen molar-refractivity contribution in [1.29, 1.82) is 0 Å². The molecular weight excluding hydrogens is 340 g/mol. The first kappa shape index (κ1) is 25.1. The van der Waals surface area contributed by atoms with Gasteiger partial charge in [-0.1, -0.05) is 46.6 Å². The molecule has 0 amide bonds. The summed E-state index contributed by atoms with van der Waals surface area (Å²) in [6.45, 7) is 13.1. The molecule has 0 aliphatic heterocycles. The van der Waals surface area contributed by atoms with Crippen molar-refractivity contribution < 1.29 is 14.2 Å². The fourth-order valence-corrected chi connectivity index (χ4v) is 2.27. The number of hydrogen-bond acceptors (Lipinski definition) is 3. The molecule has 0 aliphatic carbocycles. The summed E-state index contributed by atoms with van der Waals surface area (Å²) in [5.41, 5.74) is 5.35. The highest BCUT2D eigenvalue weighted by Crippen LogP contribution is 2.09. The monoisotopic (exact) mass is 377 g/mol. The number of ether oxygens (including phenoxy) is 3. The highest BCUT2D eigenvalue weighted by atomic mass is 28.1. The van der Waals surface area contributed by atoms with Crippen LogP contribution in [0.3, 0.4) is 0 Å². The van der Waals surface area contributed by atoms with Gasteiger partial charge in [-0.2, -0.15) is 0 Å². The van der Waals surface area contributed by atoms with E-state index in [2.05, 4.69) is 76.1 Å². The van der Waals surface area contributed by atoms with Crippen LogP contribution in [0.1, 0.15) is 67.2 Å². The number of rotatable bonds is 14. The highest BCUT2D eigenvalue weighted by Gasteiger charge is 2.07. The molecule has 0 N–H and O–H groups in total. The third-order valence-corrected chi connectivity index (χ3v) is 3.90. The summed E-state index contributed by atoms with van der Waals surface area (Å²) in [6, 6.07) is 0. The van der Waals surface area contributed by atoms with Gasteiger partial charge in [0.15, 0.2) is 0 Å². The van der Waals surface area contributed by atoms with E-state index in [1.165, 1.54) is 22.3 Å². The second-order valence-electron chi connectivity index (χ2n) is 7.01. The highest BCUT2D eigenvalue weighted by molar-refractivity contribution is 6.08. The van der Waals surface area contributed by atoms with Gasteiger partial charge >= 0.3 is 0 Å². The molecular formula is C22H37O3Si.